The van der Waals surface area contributed by atoms with E-state index in [9.17, 15) is 14.4 Å². The minimum Gasteiger partial charge on any atom is -0.348 e. The molecule has 4 rings (SSSR count). The van der Waals surface area contributed by atoms with E-state index >= 15 is 0 Å². The van der Waals surface area contributed by atoms with E-state index in [4.69, 9.17) is 0 Å². The molecule has 2 N–H and O–H groups in total. The van der Waals surface area contributed by atoms with Crippen molar-refractivity contribution in [2.75, 3.05) is 19.6 Å². The number of amides is 1. The van der Waals surface area contributed by atoms with E-state index in [1.54, 1.807) is 7.05 Å². The van der Waals surface area contributed by atoms with Crippen LogP contribution < -0.4 is 21.5 Å². The molecule has 158 valence electrons. The van der Waals surface area contributed by atoms with Crippen LogP contribution in [0.15, 0.2) is 46.2 Å². The summed E-state index contributed by atoms with van der Waals surface area (Å²) < 4.78 is 3.85. The van der Waals surface area contributed by atoms with Crippen molar-refractivity contribution < 1.29 is 9.69 Å². The Bertz CT molecular complexity index is 1170. The smallest absolute Gasteiger partial charge is 0.332 e. The third-order valence-electron chi connectivity index (χ3n) is 5.98. The van der Waals surface area contributed by atoms with Crippen molar-refractivity contribution in [2.45, 2.75) is 25.4 Å². The average molecular weight is 411 g/mol. The highest BCUT2D eigenvalue weighted by molar-refractivity contribution is 5.78. The van der Waals surface area contributed by atoms with Gasteiger partial charge in [-0.15, -0.1) is 0 Å². The average Bonchev–Trinajstić information content (AvgIpc) is 3.42. The summed E-state index contributed by atoms with van der Waals surface area (Å²) in [6.07, 6.45) is 3.84. The Morgan fingerprint density at radius 1 is 1.13 bits per heavy atom. The molecule has 1 fully saturated rings. The first-order valence-corrected chi connectivity index (χ1v) is 10.2. The van der Waals surface area contributed by atoms with Crippen LogP contribution in [0, 0.1) is 0 Å². The zero-order chi connectivity index (χ0) is 21.3. The molecule has 0 spiro atoms. The van der Waals surface area contributed by atoms with Crippen LogP contribution in [0.5, 0.6) is 0 Å². The van der Waals surface area contributed by atoms with Gasteiger partial charge >= 0.3 is 5.69 Å². The van der Waals surface area contributed by atoms with Gasteiger partial charge in [0.1, 0.15) is 12.6 Å². The highest BCUT2D eigenvalue weighted by Crippen LogP contribution is 2.11. The Morgan fingerprint density at radius 3 is 2.53 bits per heavy atom. The topological polar surface area (TPSA) is 95.4 Å². The molecule has 1 atom stereocenters. The Morgan fingerprint density at radius 2 is 1.83 bits per heavy atom. The molecule has 1 aromatic carbocycles. The molecule has 0 aliphatic carbocycles. The van der Waals surface area contributed by atoms with Crippen LogP contribution in [0.25, 0.3) is 11.2 Å². The van der Waals surface area contributed by atoms with Gasteiger partial charge in [0, 0.05) is 32.5 Å². The maximum absolute atomic E-state index is 12.7. The summed E-state index contributed by atoms with van der Waals surface area (Å²) in [5.41, 5.74) is 0.842. The molecule has 1 aliphatic rings. The SMILES string of the molecule is Cn1c(=O)c2c(ncn2CC(=O)NC[C@@H](c2ccccc2)[NH+]2CCCC2)n(C)c1=O. The molecule has 3 aromatic rings. The monoisotopic (exact) mass is 411 g/mol. The lowest BCUT2D eigenvalue weighted by atomic mass is 10.1. The van der Waals surface area contributed by atoms with E-state index in [1.807, 2.05) is 18.2 Å². The minimum absolute atomic E-state index is 0.0270. The van der Waals surface area contributed by atoms with Crippen molar-refractivity contribution in [1.82, 2.24) is 24.0 Å². The van der Waals surface area contributed by atoms with E-state index in [2.05, 4.69) is 22.4 Å². The van der Waals surface area contributed by atoms with Crippen molar-refractivity contribution in [1.29, 1.82) is 0 Å². The fourth-order valence-electron chi connectivity index (χ4n) is 4.30. The molecule has 3 heterocycles. The summed E-state index contributed by atoms with van der Waals surface area (Å²) in [5, 5.41) is 3.04. The molecule has 1 aliphatic heterocycles. The predicted molar refractivity (Wildman–Crippen MR) is 112 cm³/mol. The summed E-state index contributed by atoms with van der Waals surface area (Å²) in [6, 6.07) is 10.5. The van der Waals surface area contributed by atoms with E-state index < -0.39 is 11.2 Å². The third-order valence-corrected chi connectivity index (χ3v) is 5.98. The molecule has 1 saturated heterocycles. The van der Waals surface area contributed by atoms with Gasteiger partial charge < -0.3 is 14.8 Å². The standard InChI is InChI=1S/C21H26N6O3/c1-24-19-18(20(29)25(2)21(24)30)27(14-23-19)13-17(28)22-12-16(26-10-6-7-11-26)15-8-4-3-5-9-15/h3-5,8-9,14,16H,6-7,10-13H2,1-2H3,(H,22,28)/p+1/t16-/m0/s1. The van der Waals surface area contributed by atoms with Gasteiger partial charge in [-0.3, -0.25) is 18.7 Å². The fraction of sp³-hybridized carbons (Fsp3) is 0.429. The third kappa shape index (κ3) is 3.68. The number of nitrogens with one attached hydrogen (secondary N) is 2. The van der Waals surface area contributed by atoms with Crippen LogP contribution >= 0.6 is 0 Å². The number of rotatable bonds is 6. The number of carbonyl (C=O) groups excluding carboxylic acids is 1. The van der Waals surface area contributed by atoms with Crippen LogP contribution in [0.2, 0.25) is 0 Å². The lowest BCUT2D eigenvalue weighted by molar-refractivity contribution is -0.918. The van der Waals surface area contributed by atoms with Crippen LogP contribution in [-0.2, 0) is 25.4 Å². The Labute approximate surface area is 173 Å². The van der Waals surface area contributed by atoms with Crippen LogP contribution in [0.4, 0.5) is 0 Å². The van der Waals surface area contributed by atoms with Crippen molar-refractivity contribution in [3.63, 3.8) is 0 Å². The first-order valence-electron chi connectivity index (χ1n) is 10.2. The molecule has 9 nitrogen and oxygen atoms in total. The number of hydrogen-bond donors (Lipinski definition) is 2. The molecular weight excluding hydrogens is 384 g/mol. The molecule has 0 radical (unpaired) electrons. The van der Waals surface area contributed by atoms with Crippen molar-refractivity contribution in [3.05, 3.63) is 63.1 Å². The molecule has 1 amide bonds. The van der Waals surface area contributed by atoms with E-state index in [0.717, 1.165) is 17.7 Å². The van der Waals surface area contributed by atoms with Gasteiger partial charge in [-0.2, -0.15) is 0 Å². The van der Waals surface area contributed by atoms with Gasteiger partial charge in [0.15, 0.2) is 11.2 Å². The number of imidazole rings is 1. The second-order valence-corrected chi connectivity index (χ2v) is 7.88. The Balaban J connectivity index is 1.52. The van der Waals surface area contributed by atoms with Gasteiger partial charge in [-0.25, -0.2) is 9.78 Å². The van der Waals surface area contributed by atoms with Gasteiger partial charge in [-0.1, -0.05) is 30.3 Å². The summed E-state index contributed by atoms with van der Waals surface area (Å²) in [7, 11) is 2.98. The maximum atomic E-state index is 12.7. The van der Waals surface area contributed by atoms with Crippen molar-refractivity contribution in [3.8, 4) is 0 Å². The van der Waals surface area contributed by atoms with Crippen molar-refractivity contribution in [2.24, 2.45) is 14.1 Å². The summed E-state index contributed by atoms with van der Waals surface area (Å²) in [5.74, 6) is -0.190. The number of hydrogen-bond acceptors (Lipinski definition) is 4. The number of benzene rings is 1. The molecule has 30 heavy (non-hydrogen) atoms. The van der Waals surface area contributed by atoms with Crippen LogP contribution in [0.1, 0.15) is 24.4 Å². The molecular formula is C21H27N6O3+. The normalized spacial score (nSPS) is 15.5. The zero-order valence-corrected chi connectivity index (χ0v) is 17.3. The van der Waals surface area contributed by atoms with Crippen LogP contribution in [0.3, 0.4) is 0 Å². The Hall–Kier alpha value is -3.20. The lowest BCUT2D eigenvalue weighted by Crippen LogP contribution is -3.11. The van der Waals surface area contributed by atoms with Crippen LogP contribution in [-0.4, -0.2) is 44.2 Å². The summed E-state index contributed by atoms with van der Waals surface area (Å²) in [6.45, 7) is 2.71. The van der Waals surface area contributed by atoms with Gasteiger partial charge in [-0.05, 0) is 0 Å². The summed E-state index contributed by atoms with van der Waals surface area (Å²) in [4.78, 5) is 43.0. The fourth-order valence-corrected chi connectivity index (χ4v) is 4.30. The number of quaternary nitrogens is 1. The second kappa shape index (κ2) is 8.27. The van der Waals surface area contributed by atoms with Crippen molar-refractivity contribution >= 4 is 17.1 Å². The molecule has 0 saturated carbocycles. The zero-order valence-electron chi connectivity index (χ0n) is 17.3. The van der Waals surface area contributed by atoms with Gasteiger partial charge in [0.25, 0.3) is 5.56 Å². The predicted octanol–water partition coefficient (Wildman–Crippen LogP) is -1.03. The highest BCUT2D eigenvalue weighted by atomic mass is 16.2. The lowest BCUT2D eigenvalue weighted by Gasteiger charge is -2.25. The van der Waals surface area contributed by atoms with Gasteiger partial charge in [0.2, 0.25) is 5.91 Å². The molecule has 0 unspecified atom stereocenters. The van der Waals surface area contributed by atoms with E-state index in [0.29, 0.717) is 6.54 Å². The minimum atomic E-state index is -0.456. The molecule has 9 heteroatoms. The molecule has 0 bridgehead atoms. The maximum Gasteiger partial charge on any atom is 0.332 e. The van der Waals surface area contributed by atoms with Gasteiger partial charge in [0.05, 0.1) is 26.0 Å². The number of carbonyl (C=O) groups is 1. The number of nitrogens with zero attached hydrogens (tertiary/aromatic N) is 4. The largest absolute Gasteiger partial charge is 0.348 e. The molecule has 2 aromatic heterocycles. The van der Waals surface area contributed by atoms with E-state index in [-0.39, 0.29) is 29.7 Å². The Kier molecular flexibility index (Phi) is 5.54. The summed E-state index contributed by atoms with van der Waals surface area (Å²) >= 11 is 0. The first-order chi connectivity index (χ1) is 14.5. The quantitative estimate of drug-likeness (QED) is 0.542. The number of aromatic nitrogens is 4. The second-order valence-electron chi connectivity index (χ2n) is 7.88. The number of aryl methyl sites for hydroxylation is 1. The number of likely N-dealkylation sites (tertiary alicyclic amines) is 1. The highest BCUT2D eigenvalue weighted by Gasteiger charge is 2.27. The number of fused-ring (bicyclic) bond motifs is 1. The van der Waals surface area contributed by atoms with E-state index in [1.165, 1.54) is 45.8 Å². The first kappa shape index (κ1) is 20.1.